The van der Waals surface area contributed by atoms with E-state index in [-0.39, 0.29) is 18.0 Å². The standard InChI is InChI=1S/C17H23N3O2S/c1-4-19(5-2)14(21)9-20-10-18-16-15(17(20)22)12-7-6-11(3)8-13(12)23-16/h10-11H,4-9H2,1-3H3. The third kappa shape index (κ3) is 2.92. The van der Waals surface area contributed by atoms with Crippen LogP contribution in [0.4, 0.5) is 0 Å². The zero-order chi connectivity index (χ0) is 16.6. The summed E-state index contributed by atoms with van der Waals surface area (Å²) in [5.41, 5.74) is 1.10. The Morgan fingerprint density at radius 1 is 1.43 bits per heavy atom. The van der Waals surface area contributed by atoms with Crippen LogP contribution in [0.1, 0.15) is 37.6 Å². The fourth-order valence-corrected chi connectivity index (χ4v) is 4.64. The van der Waals surface area contributed by atoms with E-state index in [9.17, 15) is 9.59 Å². The van der Waals surface area contributed by atoms with Gasteiger partial charge < -0.3 is 4.90 Å². The Morgan fingerprint density at radius 2 is 2.17 bits per heavy atom. The average molecular weight is 333 g/mol. The third-order valence-corrected chi connectivity index (χ3v) is 5.87. The SMILES string of the molecule is CCN(CC)C(=O)Cn1cnc2sc3c(c2c1=O)CCC(C)C3. The molecule has 0 bridgehead atoms. The van der Waals surface area contributed by atoms with Gasteiger partial charge in [0.2, 0.25) is 5.91 Å². The van der Waals surface area contributed by atoms with Crippen molar-refractivity contribution in [3.05, 3.63) is 27.1 Å². The maximum atomic E-state index is 12.8. The number of thiophene rings is 1. The lowest BCUT2D eigenvalue weighted by atomic mass is 9.89. The molecule has 0 saturated carbocycles. The number of aromatic nitrogens is 2. The predicted octanol–water partition coefficient (Wildman–Crippen LogP) is 2.45. The van der Waals surface area contributed by atoms with E-state index in [4.69, 9.17) is 0 Å². The molecule has 5 nitrogen and oxygen atoms in total. The third-order valence-electron chi connectivity index (χ3n) is 4.70. The number of amides is 1. The molecule has 1 aliphatic rings. The second-order valence-electron chi connectivity index (χ2n) is 6.28. The molecule has 0 aliphatic heterocycles. The second kappa shape index (κ2) is 6.43. The average Bonchev–Trinajstić information content (AvgIpc) is 2.89. The van der Waals surface area contributed by atoms with Gasteiger partial charge in [0.25, 0.3) is 5.56 Å². The molecule has 0 spiro atoms. The summed E-state index contributed by atoms with van der Waals surface area (Å²) in [6.45, 7) is 7.54. The zero-order valence-electron chi connectivity index (χ0n) is 14.0. The van der Waals surface area contributed by atoms with Crippen molar-refractivity contribution in [2.75, 3.05) is 13.1 Å². The normalized spacial score (nSPS) is 17.3. The zero-order valence-corrected chi connectivity index (χ0v) is 14.8. The van der Waals surface area contributed by atoms with Crippen molar-refractivity contribution in [2.45, 2.75) is 46.6 Å². The van der Waals surface area contributed by atoms with Crippen LogP contribution >= 0.6 is 11.3 Å². The van der Waals surface area contributed by atoms with E-state index < -0.39 is 0 Å². The molecule has 2 heterocycles. The number of hydrogen-bond acceptors (Lipinski definition) is 4. The number of nitrogens with zero attached hydrogens (tertiary/aromatic N) is 3. The molecule has 0 aromatic carbocycles. The topological polar surface area (TPSA) is 55.2 Å². The van der Waals surface area contributed by atoms with Gasteiger partial charge in [-0.2, -0.15) is 0 Å². The van der Waals surface area contributed by atoms with Crippen molar-refractivity contribution in [1.82, 2.24) is 14.5 Å². The lowest BCUT2D eigenvalue weighted by Crippen LogP contribution is -2.36. The van der Waals surface area contributed by atoms with Gasteiger partial charge in [0.05, 0.1) is 11.7 Å². The Kier molecular flexibility index (Phi) is 4.53. The van der Waals surface area contributed by atoms with E-state index >= 15 is 0 Å². The lowest BCUT2D eigenvalue weighted by Gasteiger charge is -2.19. The molecule has 3 rings (SSSR count). The Morgan fingerprint density at radius 3 is 2.87 bits per heavy atom. The number of fused-ring (bicyclic) bond motifs is 3. The molecule has 0 fully saturated rings. The summed E-state index contributed by atoms with van der Waals surface area (Å²) in [6, 6.07) is 0. The number of carbonyl (C=O) groups is 1. The van der Waals surface area contributed by atoms with E-state index in [2.05, 4.69) is 11.9 Å². The first-order valence-corrected chi connectivity index (χ1v) is 9.14. The molecule has 2 aromatic rings. The van der Waals surface area contributed by atoms with Gasteiger partial charge in [0, 0.05) is 18.0 Å². The van der Waals surface area contributed by atoms with Gasteiger partial charge in [-0.3, -0.25) is 14.2 Å². The lowest BCUT2D eigenvalue weighted by molar-refractivity contribution is -0.131. The van der Waals surface area contributed by atoms with Crippen LogP contribution < -0.4 is 5.56 Å². The minimum Gasteiger partial charge on any atom is -0.342 e. The summed E-state index contributed by atoms with van der Waals surface area (Å²) in [5, 5.41) is 0.742. The summed E-state index contributed by atoms with van der Waals surface area (Å²) in [6.07, 6.45) is 4.62. The van der Waals surface area contributed by atoms with Gasteiger partial charge in [-0.15, -0.1) is 11.3 Å². The minimum absolute atomic E-state index is 0.0315. The predicted molar refractivity (Wildman–Crippen MR) is 93.0 cm³/mol. The van der Waals surface area contributed by atoms with Crippen LogP contribution in [0, 0.1) is 5.92 Å². The van der Waals surface area contributed by atoms with Crippen molar-refractivity contribution < 1.29 is 4.79 Å². The van der Waals surface area contributed by atoms with Crippen LogP contribution in [-0.4, -0.2) is 33.4 Å². The molecule has 1 unspecified atom stereocenters. The maximum Gasteiger partial charge on any atom is 0.262 e. The number of carbonyl (C=O) groups excluding carboxylic acids is 1. The van der Waals surface area contributed by atoms with Crippen molar-refractivity contribution in [3.63, 3.8) is 0 Å². The molecule has 1 atom stereocenters. The monoisotopic (exact) mass is 333 g/mol. The Labute approximate surface area is 139 Å². The van der Waals surface area contributed by atoms with Gasteiger partial charge >= 0.3 is 0 Å². The first-order valence-electron chi connectivity index (χ1n) is 8.32. The molecular weight excluding hydrogens is 310 g/mol. The summed E-state index contributed by atoms with van der Waals surface area (Å²) < 4.78 is 1.47. The molecule has 2 aromatic heterocycles. The molecule has 0 radical (unpaired) electrons. The number of rotatable bonds is 4. The van der Waals surface area contributed by atoms with Crippen LogP contribution in [0.3, 0.4) is 0 Å². The van der Waals surface area contributed by atoms with Crippen LogP contribution in [0.15, 0.2) is 11.1 Å². The van der Waals surface area contributed by atoms with E-state index in [0.29, 0.717) is 19.0 Å². The Bertz CT molecular complexity index is 789. The number of aryl methyl sites for hydroxylation is 1. The molecule has 124 valence electrons. The molecule has 0 N–H and O–H groups in total. The van der Waals surface area contributed by atoms with E-state index in [1.54, 1.807) is 16.2 Å². The quantitative estimate of drug-likeness (QED) is 0.863. The molecule has 23 heavy (non-hydrogen) atoms. The van der Waals surface area contributed by atoms with E-state index in [0.717, 1.165) is 29.5 Å². The maximum absolute atomic E-state index is 12.8. The molecule has 1 amide bonds. The van der Waals surface area contributed by atoms with Crippen LogP contribution in [-0.2, 0) is 24.2 Å². The second-order valence-corrected chi connectivity index (χ2v) is 7.36. The smallest absolute Gasteiger partial charge is 0.262 e. The van der Waals surface area contributed by atoms with E-state index in [1.165, 1.54) is 21.3 Å². The Balaban J connectivity index is 1.99. The van der Waals surface area contributed by atoms with Gasteiger partial charge in [-0.05, 0) is 44.6 Å². The summed E-state index contributed by atoms with van der Waals surface area (Å²) >= 11 is 1.64. The summed E-state index contributed by atoms with van der Waals surface area (Å²) in [7, 11) is 0. The van der Waals surface area contributed by atoms with Gasteiger partial charge in [0.1, 0.15) is 11.4 Å². The van der Waals surface area contributed by atoms with E-state index in [1.807, 2.05) is 13.8 Å². The highest BCUT2D eigenvalue weighted by Crippen LogP contribution is 2.35. The van der Waals surface area contributed by atoms with Crippen molar-refractivity contribution in [3.8, 4) is 0 Å². The first kappa shape index (κ1) is 16.2. The van der Waals surface area contributed by atoms with Gasteiger partial charge in [0.15, 0.2) is 0 Å². The number of likely N-dealkylation sites (N-methyl/N-ethyl adjacent to an activating group) is 1. The summed E-state index contributed by atoms with van der Waals surface area (Å²) in [4.78, 5) is 33.4. The molecule has 0 saturated heterocycles. The van der Waals surface area contributed by atoms with Crippen molar-refractivity contribution in [1.29, 1.82) is 0 Å². The Hall–Kier alpha value is -1.69. The highest BCUT2D eigenvalue weighted by Gasteiger charge is 2.23. The van der Waals surface area contributed by atoms with Crippen molar-refractivity contribution >= 4 is 27.5 Å². The molecule has 6 heteroatoms. The van der Waals surface area contributed by atoms with Crippen LogP contribution in [0.2, 0.25) is 0 Å². The summed E-state index contributed by atoms with van der Waals surface area (Å²) in [5.74, 6) is 0.637. The highest BCUT2D eigenvalue weighted by atomic mass is 32.1. The van der Waals surface area contributed by atoms with Crippen LogP contribution in [0.5, 0.6) is 0 Å². The fraction of sp³-hybridized carbons (Fsp3) is 0.588. The van der Waals surface area contributed by atoms with Crippen LogP contribution in [0.25, 0.3) is 10.2 Å². The highest BCUT2D eigenvalue weighted by molar-refractivity contribution is 7.18. The van der Waals surface area contributed by atoms with Crippen molar-refractivity contribution in [2.24, 2.45) is 5.92 Å². The number of hydrogen-bond donors (Lipinski definition) is 0. The largest absolute Gasteiger partial charge is 0.342 e. The first-order chi connectivity index (χ1) is 11.0. The fourth-order valence-electron chi connectivity index (χ4n) is 3.30. The van der Waals surface area contributed by atoms with Gasteiger partial charge in [-0.25, -0.2) is 4.98 Å². The molecule has 1 aliphatic carbocycles. The molecular formula is C17H23N3O2S. The minimum atomic E-state index is -0.0671. The van der Waals surface area contributed by atoms with Gasteiger partial charge in [-0.1, -0.05) is 6.92 Å².